The van der Waals surface area contributed by atoms with Crippen molar-refractivity contribution < 1.29 is 14.3 Å². The van der Waals surface area contributed by atoms with Crippen molar-refractivity contribution in [1.82, 2.24) is 5.32 Å². The van der Waals surface area contributed by atoms with E-state index in [0.29, 0.717) is 28.3 Å². The molecule has 0 fully saturated rings. The van der Waals surface area contributed by atoms with Gasteiger partial charge in [-0.3, -0.25) is 14.9 Å². The normalized spacial score (nSPS) is 10.5. The summed E-state index contributed by atoms with van der Waals surface area (Å²) in [5, 5.41) is 11.7. The van der Waals surface area contributed by atoms with Gasteiger partial charge in [-0.1, -0.05) is 32.9 Å². The maximum Gasteiger partial charge on any atom is 0.257 e. The number of halogens is 1. The molecule has 0 radical (unpaired) electrons. The van der Waals surface area contributed by atoms with Crippen molar-refractivity contribution >= 4 is 58.6 Å². The smallest absolute Gasteiger partial charge is 0.257 e. The molecule has 0 saturated heterocycles. The highest BCUT2D eigenvalue weighted by atomic mass is 35.5. The standard InChI is InChI=1S/C27H30N4O3S.ClH/c1-27(2,3)19-10-6-17(7-11-19)25(33)31-26(35)29-21-14-15-22(23(16-21)34-5)30-24(32)18-8-12-20(28-4)13-9-18;/h6-16,28H,1-5H3,(H,30,32)(H2,29,31,33,35);1H. The summed E-state index contributed by atoms with van der Waals surface area (Å²) < 4.78 is 5.43. The molecule has 7 nitrogen and oxygen atoms in total. The number of anilines is 3. The molecule has 2 amide bonds. The number of nitrogens with one attached hydrogen (secondary N) is 4. The Bertz CT molecular complexity index is 1220. The second kappa shape index (κ2) is 12.4. The van der Waals surface area contributed by atoms with Crippen molar-refractivity contribution in [2.24, 2.45) is 0 Å². The largest absolute Gasteiger partial charge is 0.494 e. The molecule has 0 unspecified atom stereocenters. The maximum absolute atomic E-state index is 12.6. The molecule has 0 heterocycles. The number of benzene rings is 3. The molecule has 0 aliphatic rings. The van der Waals surface area contributed by atoms with Crippen LogP contribution in [0.4, 0.5) is 17.1 Å². The van der Waals surface area contributed by atoms with Gasteiger partial charge in [0.25, 0.3) is 11.8 Å². The zero-order chi connectivity index (χ0) is 25.6. The van der Waals surface area contributed by atoms with E-state index in [0.717, 1.165) is 11.3 Å². The van der Waals surface area contributed by atoms with E-state index in [1.54, 1.807) is 42.5 Å². The summed E-state index contributed by atoms with van der Waals surface area (Å²) in [7, 11) is 3.33. The molecular weight excluding hydrogens is 496 g/mol. The highest BCUT2D eigenvalue weighted by Crippen LogP contribution is 2.28. The minimum atomic E-state index is -0.303. The molecule has 3 rings (SSSR count). The molecule has 4 N–H and O–H groups in total. The summed E-state index contributed by atoms with van der Waals surface area (Å²) in [6.07, 6.45) is 0. The van der Waals surface area contributed by atoms with Crippen molar-refractivity contribution in [1.29, 1.82) is 0 Å². The van der Waals surface area contributed by atoms with Gasteiger partial charge in [0.15, 0.2) is 5.11 Å². The zero-order valence-electron chi connectivity index (χ0n) is 20.9. The number of rotatable bonds is 6. The minimum Gasteiger partial charge on any atom is -0.494 e. The summed E-state index contributed by atoms with van der Waals surface area (Å²) in [6, 6.07) is 19.7. The molecule has 190 valence electrons. The summed E-state index contributed by atoms with van der Waals surface area (Å²) in [5.41, 5.74) is 4.21. The number of amides is 2. The lowest BCUT2D eigenvalue weighted by molar-refractivity contribution is 0.0976. The molecule has 0 saturated carbocycles. The van der Waals surface area contributed by atoms with E-state index in [9.17, 15) is 9.59 Å². The molecule has 0 aliphatic carbocycles. The topological polar surface area (TPSA) is 91.5 Å². The maximum atomic E-state index is 12.6. The Labute approximate surface area is 223 Å². The van der Waals surface area contributed by atoms with E-state index in [1.165, 1.54) is 7.11 Å². The average molecular weight is 527 g/mol. The van der Waals surface area contributed by atoms with Crippen molar-refractivity contribution in [3.05, 3.63) is 83.4 Å². The molecule has 0 atom stereocenters. The third-order valence-electron chi connectivity index (χ3n) is 5.38. The minimum absolute atomic E-state index is 0. The number of carbonyl (C=O) groups is 2. The van der Waals surface area contributed by atoms with E-state index in [4.69, 9.17) is 17.0 Å². The first-order chi connectivity index (χ1) is 16.6. The third-order valence-corrected chi connectivity index (χ3v) is 5.59. The van der Waals surface area contributed by atoms with Gasteiger partial charge in [0.1, 0.15) is 5.75 Å². The van der Waals surface area contributed by atoms with E-state index >= 15 is 0 Å². The van der Waals surface area contributed by atoms with Gasteiger partial charge in [0.2, 0.25) is 0 Å². The van der Waals surface area contributed by atoms with E-state index in [-0.39, 0.29) is 34.7 Å². The SMILES string of the molecule is CNc1ccc(C(=O)Nc2ccc(NC(=S)NC(=O)c3ccc(C(C)(C)C)cc3)cc2OC)cc1.Cl. The van der Waals surface area contributed by atoms with Gasteiger partial charge in [-0.15, -0.1) is 12.4 Å². The first-order valence-electron chi connectivity index (χ1n) is 11.1. The molecule has 36 heavy (non-hydrogen) atoms. The Kier molecular flexibility index (Phi) is 9.84. The third kappa shape index (κ3) is 7.44. The number of carbonyl (C=O) groups excluding carboxylic acids is 2. The van der Waals surface area contributed by atoms with Gasteiger partial charge in [0.05, 0.1) is 12.8 Å². The van der Waals surface area contributed by atoms with Crippen LogP contribution in [0.3, 0.4) is 0 Å². The van der Waals surface area contributed by atoms with Crippen molar-refractivity contribution in [3.63, 3.8) is 0 Å². The van der Waals surface area contributed by atoms with Crippen LogP contribution >= 0.6 is 24.6 Å². The lowest BCUT2D eigenvalue weighted by Crippen LogP contribution is -2.34. The van der Waals surface area contributed by atoms with E-state index in [1.807, 2.05) is 31.3 Å². The molecule has 0 spiro atoms. The lowest BCUT2D eigenvalue weighted by Gasteiger charge is -2.19. The Morgan fingerprint density at radius 1 is 0.806 bits per heavy atom. The Hall–Kier alpha value is -3.62. The summed E-state index contributed by atoms with van der Waals surface area (Å²) in [4.78, 5) is 25.2. The van der Waals surface area contributed by atoms with Crippen LogP contribution in [0, 0.1) is 0 Å². The summed E-state index contributed by atoms with van der Waals surface area (Å²) >= 11 is 5.31. The molecule has 9 heteroatoms. The fourth-order valence-electron chi connectivity index (χ4n) is 3.31. The molecular formula is C27H31ClN4O3S. The fourth-order valence-corrected chi connectivity index (χ4v) is 3.52. The van der Waals surface area contributed by atoms with Crippen LogP contribution in [0.5, 0.6) is 5.75 Å². The lowest BCUT2D eigenvalue weighted by atomic mass is 9.87. The summed E-state index contributed by atoms with van der Waals surface area (Å²) in [5.74, 6) is -0.114. The van der Waals surface area contributed by atoms with Gasteiger partial charge in [-0.25, -0.2) is 0 Å². The average Bonchev–Trinajstić information content (AvgIpc) is 2.84. The van der Waals surface area contributed by atoms with Gasteiger partial charge < -0.3 is 20.7 Å². The van der Waals surface area contributed by atoms with Gasteiger partial charge in [0, 0.05) is 35.6 Å². The first-order valence-corrected chi connectivity index (χ1v) is 11.5. The van der Waals surface area contributed by atoms with Crippen LogP contribution in [-0.4, -0.2) is 31.1 Å². The predicted octanol–water partition coefficient (Wildman–Crippen LogP) is 5.84. The fraction of sp³-hybridized carbons (Fsp3) is 0.222. The number of hydrogen-bond donors (Lipinski definition) is 4. The van der Waals surface area contributed by atoms with Gasteiger partial charge >= 0.3 is 0 Å². The number of methoxy groups -OCH3 is 1. The first kappa shape index (κ1) is 28.6. The molecule has 3 aromatic carbocycles. The Morgan fingerprint density at radius 3 is 1.92 bits per heavy atom. The molecule has 0 bridgehead atoms. The quantitative estimate of drug-likeness (QED) is 0.302. The van der Waals surface area contributed by atoms with Crippen LogP contribution in [0.1, 0.15) is 47.1 Å². The number of hydrogen-bond acceptors (Lipinski definition) is 5. The Morgan fingerprint density at radius 2 is 1.36 bits per heavy atom. The predicted molar refractivity (Wildman–Crippen MR) is 153 cm³/mol. The van der Waals surface area contributed by atoms with E-state index in [2.05, 4.69) is 42.0 Å². The van der Waals surface area contributed by atoms with E-state index < -0.39 is 0 Å². The second-order valence-electron chi connectivity index (χ2n) is 8.93. The monoisotopic (exact) mass is 526 g/mol. The van der Waals surface area contributed by atoms with Crippen LogP contribution in [0.2, 0.25) is 0 Å². The number of ether oxygens (including phenoxy) is 1. The van der Waals surface area contributed by atoms with Gasteiger partial charge in [-0.2, -0.15) is 0 Å². The van der Waals surface area contributed by atoms with Crippen molar-refractivity contribution in [3.8, 4) is 5.75 Å². The van der Waals surface area contributed by atoms with Crippen LogP contribution < -0.4 is 26.0 Å². The van der Waals surface area contributed by atoms with Crippen LogP contribution in [-0.2, 0) is 5.41 Å². The van der Waals surface area contributed by atoms with Crippen molar-refractivity contribution in [2.45, 2.75) is 26.2 Å². The van der Waals surface area contributed by atoms with Crippen LogP contribution in [0.15, 0.2) is 66.7 Å². The van der Waals surface area contributed by atoms with Gasteiger partial charge in [-0.05, 0) is 71.7 Å². The molecule has 0 aromatic heterocycles. The highest BCUT2D eigenvalue weighted by Gasteiger charge is 2.15. The zero-order valence-corrected chi connectivity index (χ0v) is 22.5. The second-order valence-corrected chi connectivity index (χ2v) is 9.34. The number of thiocarbonyl (C=S) groups is 1. The van der Waals surface area contributed by atoms with Crippen molar-refractivity contribution in [2.75, 3.05) is 30.1 Å². The molecule has 0 aliphatic heterocycles. The Balaban J connectivity index is 0.00000456. The molecule has 3 aromatic rings. The van der Waals surface area contributed by atoms with Crippen LogP contribution in [0.25, 0.3) is 0 Å². The highest BCUT2D eigenvalue weighted by molar-refractivity contribution is 7.80. The summed E-state index contributed by atoms with van der Waals surface area (Å²) in [6.45, 7) is 6.36.